The molecule has 5 aliphatic rings. The summed E-state index contributed by atoms with van der Waals surface area (Å²) in [5.74, 6) is 4.96. The van der Waals surface area contributed by atoms with Gasteiger partial charge in [0.15, 0.2) is 0 Å². The second kappa shape index (κ2) is 7.05. The lowest BCUT2D eigenvalue weighted by atomic mass is 9.66. The Kier molecular flexibility index (Phi) is 4.69. The zero-order valence-corrected chi connectivity index (χ0v) is 17.6. The molecule has 4 aliphatic carbocycles. The van der Waals surface area contributed by atoms with Gasteiger partial charge in [-0.1, -0.05) is 37.6 Å². The maximum absolute atomic E-state index is 5.39. The SMILES string of the molecule is CCC1=CC(C2C=C(C)C3=NC(C4=CC5CC5CC4)CC(C)C3C2)CCC1. The molecule has 1 heterocycles. The van der Waals surface area contributed by atoms with Gasteiger partial charge in [-0.2, -0.15) is 0 Å². The quantitative estimate of drug-likeness (QED) is 0.483. The van der Waals surface area contributed by atoms with E-state index in [1.54, 1.807) is 11.1 Å². The van der Waals surface area contributed by atoms with Crippen molar-refractivity contribution < 1.29 is 0 Å². The average molecular weight is 364 g/mol. The molecule has 1 aliphatic heterocycles. The molecule has 0 radical (unpaired) electrons. The van der Waals surface area contributed by atoms with Crippen molar-refractivity contribution in [2.24, 2.45) is 40.5 Å². The fourth-order valence-corrected chi connectivity index (χ4v) is 6.60. The van der Waals surface area contributed by atoms with Gasteiger partial charge in [-0.05, 0) is 105 Å². The third kappa shape index (κ3) is 3.40. The molecule has 0 aromatic rings. The zero-order chi connectivity index (χ0) is 18.5. The summed E-state index contributed by atoms with van der Waals surface area (Å²) in [4.78, 5) is 5.39. The highest BCUT2D eigenvalue weighted by atomic mass is 14.8. The molecule has 0 bridgehead atoms. The topological polar surface area (TPSA) is 12.4 Å². The molecule has 0 N–H and O–H groups in total. The molecule has 0 aromatic heterocycles. The minimum atomic E-state index is 0.494. The monoisotopic (exact) mass is 363 g/mol. The molecule has 1 saturated carbocycles. The number of rotatable bonds is 3. The van der Waals surface area contributed by atoms with E-state index in [1.807, 2.05) is 0 Å². The van der Waals surface area contributed by atoms with E-state index in [4.69, 9.17) is 4.99 Å². The number of aliphatic imine (C=N–C) groups is 1. The first kappa shape index (κ1) is 18.0. The molecule has 0 saturated heterocycles. The van der Waals surface area contributed by atoms with Gasteiger partial charge in [-0.15, -0.1) is 0 Å². The first-order valence-corrected chi connectivity index (χ1v) is 11.8. The van der Waals surface area contributed by atoms with Gasteiger partial charge in [-0.3, -0.25) is 4.99 Å². The van der Waals surface area contributed by atoms with E-state index in [-0.39, 0.29) is 0 Å². The van der Waals surface area contributed by atoms with Gasteiger partial charge in [0, 0.05) is 11.6 Å². The van der Waals surface area contributed by atoms with Crippen LogP contribution in [0.25, 0.3) is 0 Å². The van der Waals surface area contributed by atoms with Crippen molar-refractivity contribution in [3.05, 3.63) is 34.9 Å². The molecular formula is C26H37N. The molecule has 0 amide bonds. The summed E-state index contributed by atoms with van der Waals surface area (Å²) < 4.78 is 0. The standard InChI is InChI=1S/C26H37N/c1-4-18-6-5-7-19(12-18)22-10-17(3)26-24(15-22)16(2)11-25(27-26)21-9-8-20-13-23(20)14-21/h10,12,14,16,19-20,22-25H,4-9,11,13,15H2,1-3H3. The molecule has 1 heteroatoms. The van der Waals surface area contributed by atoms with Crippen molar-refractivity contribution in [3.63, 3.8) is 0 Å². The van der Waals surface area contributed by atoms with Crippen LogP contribution in [-0.4, -0.2) is 11.8 Å². The van der Waals surface area contributed by atoms with Crippen molar-refractivity contribution in [2.75, 3.05) is 0 Å². The van der Waals surface area contributed by atoms with Crippen LogP contribution in [-0.2, 0) is 0 Å². The lowest BCUT2D eigenvalue weighted by Crippen LogP contribution is -2.38. The van der Waals surface area contributed by atoms with Crippen molar-refractivity contribution in [1.29, 1.82) is 0 Å². The molecule has 0 spiro atoms. The van der Waals surface area contributed by atoms with Crippen molar-refractivity contribution in [1.82, 2.24) is 0 Å². The first-order valence-electron chi connectivity index (χ1n) is 11.8. The predicted octanol–water partition coefficient (Wildman–Crippen LogP) is 6.91. The summed E-state index contributed by atoms with van der Waals surface area (Å²) in [5.41, 5.74) is 6.37. The van der Waals surface area contributed by atoms with Crippen LogP contribution in [0.4, 0.5) is 0 Å². The first-order chi connectivity index (χ1) is 13.1. The maximum Gasteiger partial charge on any atom is 0.0715 e. The number of hydrogen-bond donors (Lipinski definition) is 0. The smallest absolute Gasteiger partial charge is 0.0715 e. The molecular weight excluding hydrogens is 326 g/mol. The second-order valence-electron chi connectivity index (χ2n) is 10.3. The summed E-state index contributed by atoms with van der Waals surface area (Å²) in [6, 6.07) is 0.494. The normalized spacial score (nSPS) is 43.6. The van der Waals surface area contributed by atoms with E-state index in [0.29, 0.717) is 12.0 Å². The van der Waals surface area contributed by atoms with Gasteiger partial charge < -0.3 is 0 Å². The summed E-state index contributed by atoms with van der Waals surface area (Å²) in [6.45, 7) is 7.19. The Morgan fingerprint density at radius 3 is 2.67 bits per heavy atom. The lowest BCUT2D eigenvalue weighted by molar-refractivity contribution is 0.285. The lowest BCUT2D eigenvalue weighted by Gasteiger charge is -2.41. The summed E-state index contributed by atoms with van der Waals surface area (Å²) >= 11 is 0. The number of hydrogen-bond acceptors (Lipinski definition) is 1. The fourth-order valence-electron chi connectivity index (χ4n) is 6.60. The molecule has 7 atom stereocenters. The molecule has 1 fully saturated rings. The Bertz CT molecular complexity index is 720. The van der Waals surface area contributed by atoms with E-state index in [2.05, 4.69) is 39.0 Å². The fraction of sp³-hybridized carbons (Fsp3) is 0.731. The van der Waals surface area contributed by atoms with Gasteiger partial charge in [0.1, 0.15) is 0 Å². The van der Waals surface area contributed by atoms with E-state index in [9.17, 15) is 0 Å². The Morgan fingerprint density at radius 2 is 1.85 bits per heavy atom. The Balaban J connectivity index is 1.39. The summed E-state index contributed by atoms with van der Waals surface area (Å²) in [7, 11) is 0. The van der Waals surface area contributed by atoms with E-state index in [1.165, 1.54) is 69.1 Å². The maximum atomic E-state index is 5.39. The molecule has 7 unspecified atom stereocenters. The van der Waals surface area contributed by atoms with Crippen LogP contribution in [0.5, 0.6) is 0 Å². The van der Waals surface area contributed by atoms with Crippen molar-refractivity contribution >= 4 is 5.71 Å². The van der Waals surface area contributed by atoms with E-state index < -0.39 is 0 Å². The average Bonchev–Trinajstić information content (AvgIpc) is 3.47. The Morgan fingerprint density at radius 1 is 0.963 bits per heavy atom. The van der Waals surface area contributed by atoms with Gasteiger partial charge in [0.25, 0.3) is 0 Å². The van der Waals surface area contributed by atoms with Crippen LogP contribution in [0.15, 0.2) is 39.9 Å². The van der Waals surface area contributed by atoms with Crippen LogP contribution in [0.1, 0.15) is 78.6 Å². The molecule has 146 valence electrons. The Hall–Kier alpha value is -1.11. The third-order valence-corrected chi connectivity index (χ3v) is 8.45. The number of allylic oxidation sites excluding steroid dienone is 5. The van der Waals surface area contributed by atoms with Gasteiger partial charge in [0.2, 0.25) is 0 Å². The van der Waals surface area contributed by atoms with Crippen molar-refractivity contribution in [3.8, 4) is 0 Å². The molecule has 0 aromatic carbocycles. The third-order valence-electron chi connectivity index (χ3n) is 8.45. The highest BCUT2D eigenvalue weighted by molar-refractivity contribution is 6.03. The van der Waals surface area contributed by atoms with E-state index in [0.717, 1.165) is 29.6 Å². The summed E-state index contributed by atoms with van der Waals surface area (Å²) in [5, 5.41) is 0. The zero-order valence-electron chi connectivity index (χ0n) is 17.6. The molecule has 5 rings (SSSR count). The number of nitrogens with zero attached hydrogens (tertiary/aromatic N) is 1. The minimum absolute atomic E-state index is 0.494. The van der Waals surface area contributed by atoms with Gasteiger partial charge in [0.05, 0.1) is 6.04 Å². The van der Waals surface area contributed by atoms with Gasteiger partial charge >= 0.3 is 0 Å². The Labute approximate surface area is 166 Å². The summed E-state index contributed by atoms with van der Waals surface area (Å²) in [6.07, 6.45) is 20.1. The van der Waals surface area contributed by atoms with Crippen LogP contribution >= 0.6 is 0 Å². The highest BCUT2D eigenvalue weighted by Gasteiger charge is 2.42. The predicted molar refractivity (Wildman–Crippen MR) is 115 cm³/mol. The van der Waals surface area contributed by atoms with Gasteiger partial charge in [-0.25, -0.2) is 0 Å². The van der Waals surface area contributed by atoms with Crippen molar-refractivity contribution in [2.45, 2.75) is 84.6 Å². The molecule has 27 heavy (non-hydrogen) atoms. The largest absolute Gasteiger partial charge is 0.281 e. The molecule has 1 nitrogen and oxygen atoms in total. The number of fused-ring (bicyclic) bond motifs is 2. The minimum Gasteiger partial charge on any atom is -0.281 e. The highest BCUT2D eigenvalue weighted by Crippen LogP contribution is 2.50. The van der Waals surface area contributed by atoms with E-state index >= 15 is 0 Å². The van der Waals surface area contributed by atoms with Crippen LogP contribution < -0.4 is 0 Å². The van der Waals surface area contributed by atoms with Crippen LogP contribution in [0.3, 0.4) is 0 Å². The van der Waals surface area contributed by atoms with Crippen LogP contribution in [0.2, 0.25) is 0 Å². The van der Waals surface area contributed by atoms with Crippen LogP contribution in [0, 0.1) is 35.5 Å². The second-order valence-corrected chi connectivity index (χ2v) is 10.3.